The van der Waals surface area contributed by atoms with Gasteiger partial charge in [0.2, 0.25) is 17.6 Å². The zero-order valence-electron chi connectivity index (χ0n) is 16.3. The van der Waals surface area contributed by atoms with E-state index in [1.807, 2.05) is 0 Å². The van der Waals surface area contributed by atoms with E-state index in [4.69, 9.17) is 19.9 Å². The van der Waals surface area contributed by atoms with Crippen LogP contribution in [0.4, 0.5) is 17.2 Å². The number of pyridine rings is 1. The SMILES string of the molecule is COc1cc(N2CC(C(=O)Nc3ccc(N)nc3)CC2=O)cc(OC)c1OC.Cl. The van der Waals surface area contributed by atoms with Crippen molar-refractivity contribution >= 4 is 41.4 Å². The second-order valence-electron chi connectivity index (χ2n) is 6.25. The topological polar surface area (TPSA) is 116 Å². The first kappa shape index (κ1) is 22.1. The van der Waals surface area contributed by atoms with E-state index in [0.29, 0.717) is 34.4 Å². The Morgan fingerprint density at radius 1 is 1.17 bits per heavy atom. The van der Waals surface area contributed by atoms with Crippen molar-refractivity contribution < 1.29 is 23.8 Å². The van der Waals surface area contributed by atoms with Crippen LogP contribution >= 0.6 is 12.4 Å². The summed E-state index contributed by atoms with van der Waals surface area (Å²) >= 11 is 0. The summed E-state index contributed by atoms with van der Waals surface area (Å²) in [6.45, 7) is 0.242. The maximum Gasteiger partial charge on any atom is 0.229 e. The van der Waals surface area contributed by atoms with Gasteiger partial charge in [-0.2, -0.15) is 0 Å². The largest absolute Gasteiger partial charge is 0.493 e. The Morgan fingerprint density at radius 3 is 2.34 bits per heavy atom. The average molecular weight is 423 g/mol. The summed E-state index contributed by atoms with van der Waals surface area (Å²) in [5, 5.41) is 2.76. The first-order valence-corrected chi connectivity index (χ1v) is 8.59. The highest BCUT2D eigenvalue weighted by atomic mass is 35.5. The minimum absolute atomic E-state index is 0. The zero-order chi connectivity index (χ0) is 20.3. The Kier molecular flexibility index (Phi) is 7.11. The standard InChI is InChI=1S/C19H22N4O5.ClH/c1-26-14-7-13(8-15(27-2)18(14)28-3)23-10-11(6-17(23)24)19(25)22-12-4-5-16(20)21-9-12;/h4-5,7-9,11H,6,10H2,1-3H3,(H2,20,21)(H,22,25);1H. The van der Waals surface area contributed by atoms with E-state index in [9.17, 15) is 9.59 Å². The lowest BCUT2D eigenvalue weighted by Gasteiger charge is -2.20. The third-order valence-electron chi connectivity index (χ3n) is 4.51. The number of ether oxygens (including phenoxy) is 3. The van der Waals surface area contributed by atoms with Crippen LogP contribution in [0.15, 0.2) is 30.5 Å². The van der Waals surface area contributed by atoms with Crippen molar-refractivity contribution in [3.05, 3.63) is 30.5 Å². The molecule has 1 aromatic heterocycles. The van der Waals surface area contributed by atoms with Gasteiger partial charge in [0.1, 0.15) is 5.82 Å². The molecule has 2 amide bonds. The number of aromatic nitrogens is 1. The fraction of sp³-hybridized carbons (Fsp3) is 0.316. The molecule has 1 aliphatic rings. The summed E-state index contributed by atoms with van der Waals surface area (Å²) in [6, 6.07) is 6.62. The summed E-state index contributed by atoms with van der Waals surface area (Å²) < 4.78 is 16.0. The van der Waals surface area contributed by atoms with Crippen LogP contribution in [0.3, 0.4) is 0 Å². The average Bonchev–Trinajstić information content (AvgIpc) is 3.10. The Labute approximate surface area is 174 Å². The fourth-order valence-corrected chi connectivity index (χ4v) is 3.08. The lowest BCUT2D eigenvalue weighted by molar-refractivity contribution is -0.122. The summed E-state index contributed by atoms with van der Waals surface area (Å²) in [5.74, 6) is 0.757. The highest BCUT2D eigenvalue weighted by Gasteiger charge is 2.36. The minimum Gasteiger partial charge on any atom is -0.493 e. The van der Waals surface area contributed by atoms with Crippen LogP contribution in [0.2, 0.25) is 0 Å². The predicted octanol–water partition coefficient (Wildman–Crippen LogP) is 2.10. The van der Waals surface area contributed by atoms with Crippen molar-refractivity contribution in [3.63, 3.8) is 0 Å². The molecule has 29 heavy (non-hydrogen) atoms. The third kappa shape index (κ3) is 4.62. The highest BCUT2D eigenvalue weighted by molar-refractivity contribution is 6.03. The van der Waals surface area contributed by atoms with Gasteiger partial charge in [-0.1, -0.05) is 0 Å². The van der Waals surface area contributed by atoms with Crippen LogP contribution < -0.4 is 30.2 Å². The van der Waals surface area contributed by atoms with E-state index in [1.54, 1.807) is 24.3 Å². The molecule has 1 saturated heterocycles. The summed E-state index contributed by atoms with van der Waals surface area (Å²) in [7, 11) is 4.51. The number of amides is 2. The van der Waals surface area contributed by atoms with E-state index in [-0.39, 0.29) is 37.2 Å². The number of anilines is 3. The Bertz CT molecular complexity index is 866. The van der Waals surface area contributed by atoms with Crippen molar-refractivity contribution in [1.29, 1.82) is 0 Å². The fourth-order valence-electron chi connectivity index (χ4n) is 3.08. The zero-order valence-corrected chi connectivity index (χ0v) is 17.1. The third-order valence-corrected chi connectivity index (χ3v) is 4.51. The van der Waals surface area contributed by atoms with Gasteiger partial charge in [-0.05, 0) is 12.1 Å². The van der Waals surface area contributed by atoms with Gasteiger partial charge in [0, 0.05) is 25.1 Å². The van der Waals surface area contributed by atoms with Gasteiger partial charge in [-0.3, -0.25) is 9.59 Å². The number of methoxy groups -OCH3 is 3. The normalized spacial score (nSPS) is 15.5. The number of halogens is 1. The molecule has 156 valence electrons. The summed E-state index contributed by atoms with van der Waals surface area (Å²) in [5.41, 5.74) is 6.64. The Morgan fingerprint density at radius 2 is 1.83 bits per heavy atom. The second-order valence-corrected chi connectivity index (χ2v) is 6.25. The van der Waals surface area contributed by atoms with E-state index in [1.165, 1.54) is 32.4 Å². The van der Waals surface area contributed by atoms with E-state index >= 15 is 0 Å². The molecule has 0 spiro atoms. The molecule has 1 unspecified atom stereocenters. The number of nitrogens with one attached hydrogen (secondary N) is 1. The summed E-state index contributed by atoms with van der Waals surface area (Å²) in [6.07, 6.45) is 1.58. The molecule has 0 saturated carbocycles. The van der Waals surface area contributed by atoms with Crippen LogP contribution in [0.25, 0.3) is 0 Å². The van der Waals surface area contributed by atoms with E-state index in [0.717, 1.165) is 0 Å². The molecular formula is C19H23ClN4O5. The molecule has 0 radical (unpaired) electrons. The molecule has 3 N–H and O–H groups in total. The number of carbonyl (C=O) groups is 2. The molecule has 0 bridgehead atoms. The van der Waals surface area contributed by atoms with E-state index in [2.05, 4.69) is 10.3 Å². The monoisotopic (exact) mass is 422 g/mol. The van der Waals surface area contributed by atoms with Gasteiger partial charge >= 0.3 is 0 Å². The van der Waals surface area contributed by atoms with Crippen molar-refractivity contribution in [3.8, 4) is 17.2 Å². The van der Waals surface area contributed by atoms with Crippen LogP contribution in [0.5, 0.6) is 17.2 Å². The smallest absolute Gasteiger partial charge is 0.229 e. The Hall–Kier alpha value is -3.20. The maximum atomic E-state index is 12.6. The molecule has 1 fully saturated rings. The molecule has 0 aliphatic carbocycles. The molecule has 1 aliphatic heterocycles. The van der Waals surface area contributed by atoms with Crippen molar-refractivity contribution in [2.24, 2.45) is 5.92 Å². The summed E-state index contributed by atoms with van der Waals surface area (Å²) in [4.78, 5) is 30.6. The molecule has 1 aromatic carbocycles. The quantitative estimate of drug-likeness (QED) is 0.732. The van der Waals surface area contributed by atoms with Crippen LogP contribution in [-0.2, 0) is 9.59 Å². The van der Waals surface area contributed by atoms with Gasteiger partial charge in [0.15, 0.2) is 11.5 Å². The number of nitrogens with two attached hydrogens (primary N) is 1. The Balaban J connectivity index is 0.00000300. The number of hydrogen-bond donors (Lipinski definition) is 2. The van der Waals surface area contributed by atoms with Gasteiger partial charge < -0.3 is 30.2 Å². The van der Waals surface area contributed by atoms with Gasteiger partial charge in [-0.15, -0.1) is 12.4 Å². The van der Waals surface area contributed by atoms with Crippen molar-refractivity contribution in [2.75, 3.05) is 43.8 Å². The van der Waals surface area contributed by atoms with Gasteiger partial charge in [0.25, 0.3) is 0 Å². The molecule has 3 rings (SSSR count). The highest BCUT2D eigenvalue weighted by Crippen LogP contribution is 2.42. The second kappa shape index (κ2) is 9.33. The van der Waals surface area contributed by atoms with Crippen LogP contribution in [0, 0.1) is 5.92 Å². The van der Waals surface area contributed by atoms with Crippen LogP contribution in [-0.4, -0.2) is 44.7 Å². The van der Waals surface area contributed by atoms with Gasteiger partial charge in [0.05, 0.1) is 44.8 Å². The molecule has 2 heterocycles. The lowest BCUT2D eigenvalue weighted by atomic mass is 10.1. The molecule has 1 atom stereocenters. The number of benzene rings is 1. The van der Waals surface area contributed by atoms with E-state index < -0.39 is 5.92 Å². The predicted molar refractivity (Wildman–Crippen MR) is 111 cm³/mol. The lowest BCUT2D eigenvalue weighted by Crippen LogP contribution is -2.28. The molecule has 2 aromatic rings. The maximum absolute atomic E-state index is 12.6. The first-order valence-electron chi connectivity index (χ1n) is 8.59. The number of carbonyl (C=O) groups excluding carboxylic acids is 2. The van der Waals surface area contributed by atoms with Crippen molar-refractivity contribution in [1.82, 2.24) is 4.98 Å². The first-order chi connectivity index (χ1) is 13.5. The van der Waals surface area contributed by atoms with Crippen molar-refractivity contribution in [2.45, 2.75) is 6.42 Å². The molecular weight excluding hydrogens is 400 g/mol. The number of nitrogens with zero attached hydrogens (tertiary/aromatic N) is 2. The molecule has 10 heteroatoms. The minimum atomic E-state index is -0.496. The number of hydrogen-bond acceptors (Lipinski definition) is 7. The van der Waals surface area contributed by atoms with Crippen LogP contribution in [0.1, 0.15) is 6.42 Å². The molecule has 9 nitrogen and oxygen atoms in total. The number of nitrogen functional groups attached to an aromatic ring is 1. The number of rotatable bonds is 6. The van der Waals surface area contributed by atoms with Gasteiger partial charge in [-0.25, -0.2) is 4.98 Å².